The summed E-state index contributed by atoms with van der Waals surface area (Å²) in [5.74, 6) is -0.879. The fourth-order valence-electron chi connectivity index (χ4n) is 1.27. The maximum absolute atomic E-state index is 10.2. The summed E-state index contributed by atoms with van der Waals surface area (Å²) < 4.78 is 0. The summed E-state index contributed by atoms with van der Waals surface area (Å²) in [6.07, 6.45) is 4.76. The highest BCUT2D eigenvalue weighted by molar-refractivity contribution is 5.87. The predicted molar refractivity (Wildman–Crippen MR) is 65.1 cm³/mol. The van der Waals surface area contributed by atoms with Gasteiger partial charge in [0, 0.05) is 0 Å². The highest BCUT2D eigenvalue weighted by Crippen LogP contribution is 1.99. The highest BCUT2D eigenvalue weighted by atomic mass is 16.4. The van der Waals surface area contributed by atoms with E-state index in [-0.39, 0.29) is 0 Å². The second-order valence-corrected chi connectivity index (χ2v) is 3.33. The van der Waals surface area contributed by atoms with E-state index in [1.807, 2.05) is 0 Å². The standard InChI is InChI=1S/C7H6O2.C5H4N4/c8-7(9)6-4-2-1-3-5-6;1-4-5(8-2-6-1)9-3-7-4/h1-5H,(H,8,9);1-3H,(H,6,7,8,9). The summed E-state index contributed by atoms with van der Waals surface area (Å²) in [5.41, 5.74) is 1.92. The van der Waals surface area contributed by atoms with Crippen LogP contribution < -0.4 is 0 Å². The lowest BCUT2D eigenvalue weighted by molar-refractivity contribution is 0.0697. The van der Waals surface area contributed by atoms with Crippen molar-refractivity contribution in [2.24, 2.45) is 0 Å². The van der Waals surface area contributed by atoms with Crippen LogP contribution in [0.1, 0.15) is 10.4 Å². The van der Waals surface area contributed by atoms with Gasteiger partial charge in [0.25, 0.3) is 0 Å². The average Bonchev–Trinajstić information content (AvgIpc) is 2.89. The van der Waals surface area contributed by atoms with Crippen LogP contribution in [0.25, 0.3) is 11.2 Å². The fourth-order valence-corrected chi connectivity index (χ4v) is 1.27. The van der Waals surface area contributed by atoms with Gasteiger partial charge in [-0.05, 0) is 12.1 Å². The van der Waals surface area contributed by atoms with Gasteiger partial charge in [-0.15, -0.1) is 0 Å². The average molecular weight is 242 g/mol. The molecule has 3 rings (SSSR count). The molecule has 0 bridgehead atoms. The van der Waals surface area contributed by atoms with E-state index < -0.39 is 5.97 Å². The Morgan fingerprint density at radius 2 is 1.94 bits per heavy atom. The largest absolute Gasteiger partial charge is 0.478 e. The van der Waals surface area contributed by atoms with Crippen LogP contribution >= 0.6 is 0 Å². The Morgan fingerprint density at radius 3 is 2.56 bits per heavy atom. The van der Waals surface area contributed by atoms with Gasteiger partial charge in [-0.2, -0.15) is 0 Å². The third-order valence-corrected chi connectivity index (χ3v) is 2.12. The number of fused-ring (bicyclic) bond motifs is 1. The summed E-state index contributed by atoms with van der Waals surface area (Å²) in [7, 11) is 0. The molecule has 0 aliphatic heterocycles. The second kappa shape index (κ2) is 5.53. The summed E-state index contributed by atoms with van der Waals surface area (Å²) in [6, 6.07) is 8.30. The number of carboxylic acid groups (broad SMARTS) is 1. The molecule has 0 saturated heterocycles. The molecule has 0 spiro atoms. The molecule has 0 radical (unpaired) electrons. The lowest BCUT2D eigenvalue weighted by atomic mass is 10.2. The van der Waals surface area contributed by atoms with Crippen LogP contribution in [0, 0.1) is 0 Å². The molecular formula is C12H10N4O2. The SMILES string of the molecule is O=C(O)c1ccccc1.c1ncc2[nH]cnc2n1. The summed E-state index contributed by atoms with van der Waals surface area (Å²) in [5, 5.41) is 8.38. The van der Waals surface area contributed by atoms with Crippen LogP contribution in [-0.4, -0.2) is 31.0 Å². The quantitative estimate of drug-likeness (QED) is 0.678. The summed E-state index contributed by atoms with van der Waals surface area (Å²) in [4.78, 5) is 24.7. The van der Waals surface area contributed by atoms with Crippen molar-refractivity contribution in [2.45, 2.75) is 0 Å². The number of aromatic amines is 1. The Balaban J connectivity index is 0.000000134. The molecule has 3 aromatic rings. The van der Waals surface area contributed by atoms with E-state index >= 15 is 0 Å². The number of carbonyl (C=O) groups is 1. The molecule has 6 nitrogen and oxygen atoms in total. The zero-order chi connectivity index (χ0) is 12.8. The maximum atomic E-state index is 10.2. The van der Waals surface area contributed by atoms with Gasteiger partial charge >= 0.3 is 5.97 Å². The number of H-pyrrole nitrogens is 1. The second-order valence-electron chi connectivity index (χ2n) is 3.33. The maximum Gasteiger partial charge on any atom is 0.335 e. The lowest BCUT2D eigenvalue weighted by Gasteiger charge is -1.88. The monoisotopic (exact) mass is 242 g/mol. The first-order valence-corrected chi connectivity index (χ1v) is 5.15. The van der Waals surface area contributed by atoms with E-state index in [1.54, 1.807) is 42.9 Å². The molecule has 90 valence electrons. The van der Waals surface area contributed by atoms with Crippen LogP contribution in [0.3, 0.4) is 0 Å². The van der Waals surface area contributed by atoms with Crippen molar-refractivity contribution in [1.82, 2.24) is 19.9 Å². The number of imidazole rings is 1. The van der Waals surface area contributed by atoms with E-state index in [0.29, 0.717) is 11.2 Å². The Hall–Kier alpha value is -2.76. The topological polar surface area (TPSA) is 91.8 Å². The first kappa shape index (κ1) is 11.7. The Kier molecular flexibility index (Phi) is 3.60. The smallest absolute Gasteiger partial charge is 0.335 e. The van der Waals surface area contributed by atoms with Gasteiger partial charge in [-0.3, -0.25) is 0 Å². The number of hydrogen-bond acceptors (Lipinski definition) is 4. The minimum Gasteiger partial charge on any atom is -0.478 e. The van der Waals surface area contributed by atoms with Gasteiger partial charge in [0.1, 0.15) is 11.8 Å². The molecule has 0 saturated carbocycles. The van der Waals surface area contributed by atoms with Crippen molar-refractivity contribution in [1.29, 1.82) is 0 Å². The van der Waals surface area contributed by atoms with Gasteiger partial charge in [0.15, 0.2) is 5.65 Å². The van der Waals surface area contributed by atoms with E-state index in [1.165, 1.54) is 6.33 Å². The number of rotatable bonds is 1. The molecule has 0 unspecified atom stereocenters. The Bertz CT molecular complexity index is 606. The summed E-state index contributed by atoms with van der Waals surface area (Å²) >= 11 is 0. The molecule has 2 heterocycles. The number of aromatic carboxylic acids is 1. The van der Waals surface area contributed by atoms with Crippen molar-refractivity contribution >= 4 is 17.1 Å². The molecule has 0 atom stereocenters. The van der Waals surface area contributed by atoms with E-state index in [4.69, 9.17) is 5.11 Å². The minimum atomic E-state index is -0.879. The molecule has 1 aromatic carbocycles. The van der Waals surface area contributed by atoms with Gasteiger partial charge in [-0.25, -0.2) is 19.7 Å². The van der Waals surface area contributed by atoms with Crippen LogP contribution in [0.15, 0.2) is 49.2 Å². The van der Waals surface area contributed by atoms with Crippen molar-refractivity contribution in [3.63, 3.8) is 0 Å². The first-order chi connectivity index (χ1) is 8.77. The van der Waals surface area contributed by atoms with E-state index in [0.717, 1.165) is 5.52 Å². The van der Waals surface area contributed by atoms with E-state index in [9.17, 15) is 4.79 Å². The molecule has 2 aromatic heterocycles. The third-order valence-electron chi connectivity index (χ3n) is 2.12. The third kappa shape index (κ3) is 2.88. The number of aromatic nitrogens is 4. The van der Waals surface area contributed by atoms with Gasteiger partial charge in [0.05, 0.1) is 18.1 Å². The molecule has 0 aliphatic rings. The predicted octanol–water partition coefficient (Wildman–Crippen LogP) is 1.74. The molecule has 6 heteroatoms. The zero-order valence-electron chi connectivity index (χ0n) is 9.32. The minimum absolute atomic E-state index is 0.331. The van der Waals surface area contributed by atoms with Crippen LogP contribution in [0.4, 0.5) is 0 Å². The van der Waals surface area contributed by atoms with Gasteiger partial charge in [-0.1, -0.05) is 18.2 Å². The van der Waals surface area contributed by atoms with Crippen molar-refractivity contribution in [3.05, 3.63) is 54.7 Å². The van der Waals surface area contributed by atoms with Crippen molar-refractivity contribution < 1.29 is 9.90 Å². The molecule has 0 aliphatic carbocycles. The Morgan fingerprint density at radius 1 is 1.17 bits per heavy atom. The molecule has 2 N–H and O–H groups in total. The molecule has 0 amide bonds. The molecular weight excluding hydrogens is 232 g/mol. The molecule has 18 heavy (non-hydrogen) atoms. The summed E-state index contributed by atoms with van der Waals surface area (Å²) in [6.45, 7) is 0. The lowest BCUT2D eigenvalue weighted by Crippen LogP contribution is -1.93. The highest BCUT2D eigenvalue weighted by Gasteiger charge is 1.96. The normalized spacial score (nSPS) is 9.56. The van der Waals surface area contributed by atoms with Crippen molar-refractivity contribution in [2.75, 3.05) is 0 Å². The number of benzene rings is 1. The van der Waals surface area contributed by atoms with Crippen molar-refractivity contribution in [3.8, 4) is 0 Å². The van der Waals surface area contributed by atoms with Gasteiger partial charge < -0.3 is 10.1 Å². The van der Waals surface area contributed by atoms with E-state index in [2.05, 4.69) is 19.9 Å². The van der Waals surface area contributed by atoms with Crippen LogP contribution in [-0.2, 0) is 0 Å². The zero-order valence-corrected chi connectivity index (χ0v) is 9.32. The van der Waals surface area contributed by atoms with Crippen LogP contribution in [0.2, 0.25) is 0 Å². The Labute approximate surface area is 102 Å². The first-order valence-electron chi connectivity index (χ1n) is 5.15. The number of nitrogens with zero attached hydrogens (tertiary/aromatic N) is 3. The number of carboxylic acids is 1. The fraction of sp³-hybridized carbons (Fsp3) is 0. The van der Waals surface area contributed by atoms with Gasteiger partial charge in [0.2, 0.25) is 0 Å². The number of nitrogens with one attached hydrogen (secondary N) is 1. The molecule has 0 fully saturated rings. The van der Waals surface area contributed by atoms with Crippen LogP contribution in [0.5, 0.6) is 0 Å². The number of hydrogen-bond donors (Lipinski definition) is 2.